The Hall–Kier alpha value is -0.570. The number of carbonyl (C=O) groups is 1. The Kier molecular flexibility index (Phi) is 1.83. The molecule has 1 amide bonds. The molecule has 0 spiro atoms. The van der Waals surface area contributed by atoms with Gasteiger partial charge in [-0.3, -0.25) is 4.79 Å². The van der Waals surface area contributed by atoms with E-state index in [-0.39, 0.29) is 12.1 Å². The lowest BCUT2D eigenvalue weighted by Gasteiger charge is -2.24. The van der Waals surface area contributed by atoms with Crippen LogP contribution in [0.5, 0.6) is 0 Å². The third-order valence-corrected chi connectivity index (χ3v) is 2.79. The zero-order valence-electron chi connectivity index (χ0n) is 7.62. The van der Waals surface area contributed by atoms with Crippen LogP contribution in [0.3, 0.4) is 0 Å². The molecular formula is C9H15NO2. The van der Waals surface area contributed by atoms with Gasteiger partial charge in [0.05, 0.1) is 12.6 Å². The Morgan fingerprint density at radius 3 is 3.00 bits per heavy atom. The van der Waals surface area contributed by atoms with E-state index in [1.165, 1.54) is 0 Å². The monoisotopic (exact) mass is 169 g/mol. The summed E-state index contributed by atoms with van der Waals surface area (Å²) >= 11 is 0. The largest absolute Gasteiger partial charge is 0.356 e. The van der Waals surface area contributed by atoms with Crippen molar-refractivity contribution in [1.82, 2.24) is 4.90 Å². The zero-order valence-corrected chi connectivity index (χ0v) is 7.62. The van der Waals surface area contributed by atoms with E-state index in [1.54, 1.807) is 0 Å². The average Bonchev–Trinajstić information content (AvgIpc) is 2.53. The summed E-state index contributed by atoms with van der Waals surface area (Å²) < 4.78 is 5.53. The number of ether oxygens (including phenoxy) is 1. The van der Waals surface area contributed by atoms with E-state index in [0.717, 1.165) is 13.0 Å². The minimum atomic E-state index is 0.102. The average molecular weight is 169 g/mol. The molecule has 2 aliphatic rings. The summed E-state index contributed by atoms with van der Waals surface area (Å²) in [6, 6.07) is 0.324. The molecular weight excluding hydrogens is 154 g/mol. The van der Waals surface area contributed by atoms with Gasteiger partial charge in [0.25, 0.3) is 0 Å². The van der Waals surface area contributed by atoms with Gasteiger partial charge < -0.3 is 9.64 Å². The first kappa shape index (κ1) is 8.05. The van der Waals surface area contributed by atoms with E-state index in [9.17, 15) is 4.79 Å². The van der Waals surface area contributed by atoms with E-state index >= 15 is 0 Å². The summed E-state index contributed by atoms with van der Waals surface area (Å²) in [7, 11) is 0. The molecule has 0 aliphatic carbocycles. The van der Waals surface area contributed by atoms with Crippen LogP contribution in [0.25, 0.3) is 0 Å². The number of nitrogens with zero attached hydrogens (tertiary/aromatic N) is 1. The molecule has 0 radical (unpaired) electrons. The number of amides is 1. The first-order chi connectivity index (χ1) is 5.70. The number of rotatable bonds is 1. The van der Waals surface area contributed by atoms with Gasteiger partial charge in [-0.2, -0.15) is 0 Å². The van der Waals surface area contributed by atoms with Crippen molar-refractivity contribution in [2.45, 2.75) is 39.0 Å². The highest BCUT2D eigenvalue weighted by atomic mass is 16.5. The van der Waals surface area contributed by atoms with Crippen molar-refractivity contribution in [2.24, 2.45) is 5.92 Å². The number of fused-ring (bicyclic) bond motifs is 1. The second-order valence-corrected chi connectivity index (χ2v) is 3.94. The van der Waals surface area contributed by atoms with E-state index in [0.29, 0.717) is 18.4 Å². The van der Waals surface area contributed by atoms with Crippen LogP contribution in [0.15, 0.2) is 0 Å². The van der Waals surface area contributed by atoms with Crippen molar-refractivity contribution >= 4 is 5.91 Å². The van der Waals surface area contributed by atoms with Gasteiger partial charge in [-0.1, -0.05) is 13.8 Å². The lowest BCUT2D eigenvalue weighted by Crippen LogP contribution is -2.39. The molecule has 0 aromatic carbocycles. The summed E-state index contributed by atoms with van der Waals surface area (Å²) in [5.41, 5.74) is 0. The van der Waals surface area contributed by atoms with Crippen LogP contribution in [0.4, 0.5) is 0 Å². The van der Waals surface area contributed by atoms with Gasteiger partial charge in [0.1, 0.15) is 6.23 Å². The van der Waals surface area contributed by atoms with Crippen LogP contribution < -0.4 is 0 Å². The highest BCUT2D eigenvalue weighted by Crippen LogP contribution is 2.31. The third-order valence-electron chi connectivity index (χ3n) is 2.79. The van der Waals surface area contributed by atoms with Crippen LogP contribution >= 0.6 is 0 Å². The van der Waals surface area contributed by atoms with Crippen LogP contribution in [0, 0.1) is 5.92 Å². The molecule has 2 rings (SSSR count). The number of hydrogen-bond acceptors (Lipinski definition) is 2. The molecule has 1 unspecified atom stereocenters. The van der Waals surface area contributed by atoms with Crippen molar-refractivity contribution in [1.29, 1.82) is 0 Å². The topological polar surface area (TPSA) is 29.5 Å². The van der Waals surface area contributed by atoms with Gasteiger partial charge in [-0.25, -0.2) is 0 Å². The number of carbonyl (C=O) groups excluding carboxylic acids is 1. The second-order valence-electron chi connectivity index (χ2n) is 3.94. The van der Waals surface area contributed by atoms with Gasteiger partial charge in [-0.15, -0.1) is 0 Å². The predicted octanol–water partition coefficient (Wildman–Crippen LogP) is 0.990. The normalized spacial score (nSPS) is 34.9. The Bertz CT molecular complexity index is 203. The standard InChI is InChI=1S/C9H15NO2/c1-6(2)7-5-12-9-4-3-8(11)10(7)9/h6-7,9H,3-5H2,1-2H3/t7-,9?/m1/s1. The van der Waals surface area contributed by atoms with Crippen LogP contribution in [-0.2, 0) is 9.53 Å². The first-order valence-corrected chi connectivity index (χ1v) is 4.63. The molecule has 2 fully saturated rings. The minimum Gasteiger partial charge on any atom is -0.356 e. The first-order valence-electron chi connectivity index (χ1n) is 4.63. The van der Waals surface area contributed by atoms with Crippen molar-refractivity contribution in [2.75, 3.05) is 6.61 Å². The van der Waals surface area contributed by atoms with Crippen molar-refractivity contribution in [3.8, 4) is 0 Å². The van der Waals surface area contributed by atoms with E-state index in [2.05, 4.69) is 13.8 Å². The fraction of sp³-hybridized carbons (Fsp3) is 0.889. The molecule has 0 aromatic rings. The smallest absolute Gasteiger partial charge is 0.225 e. The van der Waals surface area contributed by atoms with Crippen LogP contribution in [-0.4, -0.2) is 29.7 Å². The summed E-state index contributed by atoms with van der Waals surface area (Å²) in [5.74, 6) is 0.785. The second kappa shape index (κ2) is 2.73. The SMILES string of the molecule is CC(C)[C@H]1COC2CCC(=O)N21. The predicted molar refractivity (Wildman–Crippen MR) is 44.4 cm³/mol. The quantitative estimate of drug-likeness (QED) is 0.586. The molecule has 0 N–H and O–H groups in total. The fourth-order valence-corrected chi connectivity index (χ4v) is 2.04. The Balaban J connectivity index is 2.14. The van der Waals surface area contributed by atoms with Crippen molar-refractivity contribution in [3.05, 3.63) is 0 Å². The highest BCUT2D eigenvalue weighted by Gasteiger charge is 2.43. The van der Waals surface area contributed by atoms with Crippen molar-refractivity contribution in [3.63, 3.8) is 0 Å². The molecule has 2 atom stereocenters. The summed E-state index contributed by atoms with van der Waals surface area (Å²) in [5, 5.41) is 0. The van der Waals surface area contributed by atoms with Gasteiger partial charge >= 0.3 is 0 Å². The molecule has 3 nitrogen and oxygen atoms in total. The van der Waals surface area contributed by atoms with E-state index < -0.39 is 0 Å². The summed E-state index contributed by atoms with van der Waals surface area (Å²) in [4.78, 5) is 13.4. The molecule has 2 aliphatic heterocycles. The Morgan fingerprint density at radius 2 is 2.33 bits per heavy atom. The number of hydrogen-bond donors (Lipinski definition) is 0. The molecule has 2 heterocycles. The zero-order chi connectivity index (χ0) is 8.72. The van der Waals surface area contributed by atoms with Gasteiger partial charge in [-0.05, 0) is 5.92 Å². The molecule has 0 saturated carbocycles. The fourth-order valence-electron chi connectivity index (χ4n) is 2.04. The molecule has 0 aromatic heterocycles. The van der Waals surface area contributed by atoms with Crippen LogP contribution in [0.1, 0.15) is 26.7 Å². The third kappa shape index (κ3) is 1.04. The molecule has 68 valence electrons. The molecule has 0 bridgehead atoms. The Morgan fingerprint density at radius 1 is 1.58 bits per heavy atom. The summed E-state index contributed by atoms with van der Waals surface area (Å²) in [6.45, 7) is 5.01. The molecule has 2 saturated heterocycles. The van der Waals surface area contributed by atoms with Crippen molar-refractivity contribution < 1.29 is 9.53 Å². The Labute approximate surface area is 72.7 Å². The lowest BCUT2D eigenvalue weighted by molar-refractivity contribution is -0.131. The van der Waals surface area contributed by atoms with E-state index in [4.69, 9.17) is 4.74 Å². The maximum absolute atomic E-state index is 11.4. The van der Waals surface area contributed by atoms with Gasteiger partial charge in [0.15, 0.2) is 0 Å². The summed E-state index contributed by atoms with van der Waals surface area (Å²) in [6.07, 6.45) is 1.67. The maximum atomic E-state index is 11.4. The van der Waals surface area contributed by atoms with Crippen LogP contribution in [0.2, 0.25) is 0 Å². The van der Waals surface area contributed by atoms with Gasteiger partial charge in [0.2, 0.25) is 5.91 Å². The molecule has 12 heavy (non-hydrogen) atoms. The highest BCUT2D eigenvalue weighted by molar-refractivity contribution is 5.79. The molecule has 3 heteroatoms. The maximum Gasteiger partial charge on any atom is 0.225 e. The van der Waals surface area contributed by atoms with E-state index in [1.807, 2.05) is 4.90 Å². The lowest BCUT2D eigenvalue weighted by atomic mass is 10.1. The van der Waals surface area contributed by atoms with Gasteiger partial charge in [0, 0.05) is 12.8 Å². The minimum absolute atomic E-state index is 0.102.